The van der Waals surface area contributed by atoms with Crippen molar-refractivity contribution < 1.29 is 22.7 Å². The van der Waals surface area contributed by atoms with Crippen LogP contribution in [0.2, 0.25) is 5.02 Å². The maximum absolute atomic E-state index is 13.1. The predicted octanol–water partition coefficient (Wildman–Crippen LogP) is 5.60. The molecule has 0 saturated carbocycles. The molecule has 3 aromatic rings. The summed E-state index contributed by atoms with van der Waals surface area (Å²) in [5.41, 5.74) is 4.93. The monoisotopic (exact) mass is 463 g/mol. The van der Waals surface area contributed by atoms with E-state index in [0.29, 0.717) is 27.7 Å². The number of ether oxygens (including phenoxy) is 1. The average Bonchev–Trinajstić information content (AvgIpc) is 3.00. The zero-order chi connectivity index (χ0) is 23.5. The van der Waals surface area contributed by atoms with Gasteiger partial charge in [0.05, 0.1) is 11.8 Å². The van der Waals surface area contributed by atoms with Crippen molar-refractivity contribution in [3.63, 3.8) is 0 Å². The van der Waals surface area contributed by atoms with Gasteiger partial charge in [0.25, 0.3) is 5.91 Å². The smallest absolute Gasteiger partial charge is 0.416 e. The number of alkyl halides is 3. The number of aryl methyl sites for hydroxylation is 2. The Hall–Kier alpha value is -3.26. The van der Waals surface area contributed by atoms with Crippen molar-refractivity contribution in [2.24, 2.45) is 5.10 Å². The van der Waals surface area contributed by atoms with E-state index < -0.39 is 17.6 Å². The second-order valence-corrected chi connectivity index (χ2v) is 7.64. The molecule has 0 aliphatic heterocycles. The Kier molecular flexibility index (Phi) is 6.93. The van der Waals surface area contributed by atoms with Crippen LogP contribution in [0.3, 0.4) is 0 Å². The first-order valence-corrected chi connectivity index (χ1v) is 10.0. The molecule has 0 spiro atoms. The summed E-state index contributed by atoms with van der Waals surface area (Å²) >= 11 is 5.89. The third-order valence-corrected chi connectivity index (χ3v) is 5.03. The Labute approximate surface area is 188 Å². The van der Waals surface area contributed by atoms with E-state index in [1.165, 1.54) is 12.3 Å². The van der Waals surface area contributed by atoms with Gasteiger partial charge in [0.15, 0.2) is 6.61 Å². The van der Waals surface area contributed by atoms with Gasteiger partial charge in [0.1, 0.15) is 5.75 Å². The summed E-state index contributed by atoms with van der Waals surface area (Å²) < 4.78 is 46.3. The summed E-state index contributed by atoms with van der Waals surface area (Å²) in [6, 6.07) is 12.0. The normalized spacial score (nSPS) is 11.7. The van der Waals surface area contributed by atoms with Gasteiger partial charge in [-0.3, -0.25) is 4.79 Å². The van der Waals surface area contributed by atoms with E-state index >= 15 is 0 Å². The van der Waals surface area contributed by atoms with Gasteiger partial charge in [0, 0.05) is 27.7 Å². The van der Waals surface area contributed by atoms with Gasteiger partial charge in [-0.25, -0.2) is 5.43 Å². The molecule has 1 N–H and O–H groups in total. The number of carbonyl (C=O) groups is 1. The molecule has 0 saturated heterocycles. The molecule has 0 unspecified atom stereocenters. The number of hydrogen-bond acceptors (Lipinski definition) is 3. The second-order valence-electron chi connectivity index (χ2n) is 7.20. The molecule has 32 heavy (non-hydrogen) atoms. The molecule has 0 atom stereocenters. The highest BCUT2D eigenvalue weighted by molar-refractivity contribution is 6.30. The summed E-state index contributed by atoms with van der Waals surface area (Å²) in [6.45, 7) is 5.13. The molecule has 2 aromatic carbocycles. The molecule has 0 fully saturated rings. The molecule has 0 aliphatic rings. The maximum Gasteiger partial charge on any atom is 0.416 e. The molecule has 0 aliphatic carbocycles. The first kappa shape index (κ1) is 23.4. The first-order valence-electron chi connectivity index (χ1n) is 9.63. The molecule has 3 rings (SSSR count). The van der Waals surface area contributed by atoms with Crippen LogP contribution >= 0.6 is 11.6 Å². The fourth-order valence-electron chi connectivity index (χ4n) is 3.26. The van der Waals surface area contributed by atoms with Crippen molar-refractivity contribution in [1.29, 1.82) is 0 Å². The number of benzene rings is 2. The van der Waals surface area contributed by atoms with Gasteiger partial charge < -0.3 is 9.30 Å². The third kappa shape index (κ3) is 5.50. The van der Waals surface area contributed by atoms with Crippen LogP contribution in [0.15, 0.2) is 53.6 Å². The van der Waals surface area contributed by atoms with Crippen LogP contribution in [-0.4, -0.2) is 23.3 Å². The van der Waals surface area contributed by atoms with Crippen LogP contribution in [0.4, 0.5) is 13.2 Å². The van der Waals surface area contributed by atoms with Crippen molar-refractivity contribution in [2.45, 2.75) is 26.9 Å². The van der Waals surface area contributed by atoms with E-state index in [1.54, 1.807) is 48.7 Å². The highest BCUT2D eigenvalue weighted by atomic mass is 35.5. The molecular weight excluding hydrogens is 443 g/mol. The fourth-order valence-corrected chi connectivity index (χ4v) is 3.49. The largest absolute Gasteiger partial charge is 0.483 e. The molecule has 0 radical (unpaired) electrons. The summed E-state index contributed by atoms with van der Waals surface area (Å²) in [4.78, 5) is 12.0. The SMILES string of the molecule is Cc1cc(Cl)ccc1OCC(=O)N/N=C/c1cc(C)n(-c2cccc(C(F)(F)F)c2)c1C. The highest BCUT2D eigenvalue weighted by Crippen LogP contribution is 2.31. The van der Waals surface area contributed by atoms with Crippen LogP contribution in [0, 0.1) is 20.8 Å². The quantitative estimate of drug-likeness (QED) is 0.382. The minimum Gasteiger partial charge on any atom is -0.483 e. The van der Waals surface area contributed by atoms with Crippen LogP contribution in [0.25, 0.3) is 5.69 Å². The Morgan fingerprint density at radius 1 is 1.16 bits per heavy atom. The van der Waals surface area contributed by atoms with Gasteiger partial charge in [-0.1, -0.05) is 17.7 Å². The Bertz CT molecular complexity index is 1170. The lowest BCUT2D eigenvalue weighted by molar-refractivity contribution is -0.137. The van der Waals surface area contributed by atoms with Crippen molar-refractivity contribution >= 4 is 23.7 Å². The lowest BCUT2D eigenvalue weighted by atomic mass is 10.2. The van der Waals surface area contributed by atoms with Crippen molar-refractivity contribution in [2.75, 3.05) is 6.61 Å². The fraction of sp³-hybridized carbons (Fsp3) is 0.217. The highest BCUT2D eigenvalue weighted by Gasteiger charge is 2.30. The van der Waals surface area contributed by atoms with Crippen molar-refractivity contribution in [3.8, 4) is 11.4 Å². The average molecular weight is 464 g/mol. The number of carbonyl (C=O) groups excluding carboxylic acids is 1. The van der Waals surface area contributed by atoms with E-state index in [2.05, 4.69) is 10.5 Å². The minimum absolute atomic E-state index is 0.233. The zero-order valence-electron chi connectivity index (χ0n) is 17.6. The molecule has 0 bridgehead atoms. The van der Waals surface area contributed by atoms with E-state index in [4.69, 9.17) is 16.3 Å². The summed E-state index contributed by atoms with van der Waals surface area (Å²) in [5.74, 6) is 0.0837. The van der Waals surface area contributed by atoms with E-state index in [9.17, 15) is 18.0 Å². The molecule has 1 heterocycles. The summed E-state index contributed by atoms with van der Waals surface area (Å²) in [7, 11) is 0. The second kappa shape index (κ2) is 9.48. The lowest BCUT2D eigenvalue weighted by Crippen LogP contribution is -2.24. The van der Waals surface area contributed by atoms with Crippen molar-refractivity contribution in [3.05, 3.63) is 81.6 Å². The molecule has 168 valence electrons. The summed E-state index contributed by atoms with van der Waals surface area (Å²) in [6.07, 6.45) is -2.98. The number of hydrogen-bond donors (Lipinski definition) is 1. The number of nitrogens with one attached hydrogen (secondary N) is 1. The minimum atomic E-state index is -4.42. The van der Waals surface area contributed by atoms with Gasteiger partial charge in [0.2, 0.25) is 0 Å². The van der Waals surface area contributed by atoms with Crippen LogP contribution in [0.5, 0.6) is 5.75 Å². The van der Waals surface area contributed by atoms with E-state index in [0.717, 1.165) is 23.4 Å². The van der Waals surface area contributed by atoms with Crippen LogP contribution in [-0.2, 0) is 11.0 Å². The molecular formula is C23H21ClF3N3O2. The van der Waals surface area contributed by atoms with Gasteiger partial charge in [-0.2, -0.15) is 18.3 Å². The first-order chi connectivity index (χ1) is 15.1. The molecule has 5 nitrogen and oxygen atoms in total. The van der Waals surface area contributed by atoms with Crippen molar-refractivity contribution in [1.82, 2.24) is 9.99 Å². The van der Waals surface area contributed by atoms with Crippen LogP contribution in [0.1, 0.15) is 28.1 Å². The number of halogens is 4. The van der Waals surface area contributed by atoms with E-state index in [1.807, 2.05) is 6.92 Å². The standard InChI is InChI=1S/C23H21ClF3N3O2/c1-14-9-19(24)7-8-21(14)32-13-22(31)29-28-12-17-10-15(2)30(16(17)3)20-6-4-5-18(11-20)23(25,26)27/h4-12H,13H2,1-3H3,(H,29,31)/b28-12+. The Balaban J connectivity index is 1.68. The number of nitrogens with zero attached hydrogens (tertiary/aromatic N) is 2. The number of amides is 1. The number of rotatable bonds is 6. The zero-order valence-corrected chi connectivity index (χ0v) is 18.4. The Morgan fingerprint density at radius 3 is 2.59 bits per heavy atom. The van der Waals surface area contributed by atoms with Gasteiger partial charge in [-0.05, 0) is 68.8 Å². The lowest BCUT2D eigenvalue weighted by Gasteiger charge is -2.13. The number of aromatic nitrogens is 1. The molecule has 9 heteroatoms. The Morgan fingerprint density at radius 2 is 1.91 bits per heavy atom. The summed E-state index contributed by atoms with van der Waals surface area (Å²) in [5, 5.41) is 4.51. The molecule has 1 amide bonds. The van der Waals surface area contributed by atoms with Gasteiger partial charge in [-0.15, -0.1) is 0 Å². The molecule has 1 aromatic heterocycles. The van der Waals surface area contributed by atoms with Crippen LogP contribution < -0.4 is 10.2 Å². The topological polar surface area (TPSA) is 55.6 Å². The van der Waals surface area contributed by atoms with Gasteiger partial charge >= 0.3 is 6.18 Å². The van der Waals surface area contributed by atoms with E-state index in [-0.39, 0.29) is 6.61 Å². The predicted molar refractivity (Wildman–Crippen MR) is 118 cm³/mol. The number of hydrazone groups is 1. The third-order valence-electron chi connectivity index (χ3n) is 4.79. The maximum atomic E-state index is 13.1.